The van der Waals surface area contributed by atoms with Gasteiger partial charge in [-0.25, -0.2) is 9.67 Å². The van der Waals surface area contributed by atoms with Crippen LogP contribution in [0.4, 0.5) is 0 Å². The first-order chi connectivity index (χ1) is 12.7. The first kappa shape index (κ1) is 16.0. The summed E-state index contributed by atoms with van der Waals surface area (Å²) in [4.78, 5) is 20.1. The van der Waals surface area contributed by atoms with Gasteiger partial charge in [0.1, 0.15) is 5.82 Å². The molecule has 0 aliphatic rings. The minimum absolute atomic E-state index is 0.262. The van der Waals surface area contributed by atoms with Crippen LogP contribution >= 0.6 is 0 Å². The van der Waals surface area contributed by atoms with Gasteiger partial charge in [0.25, 0.3) is 5.91 Å². The molecule has 4 aromatic rings. The van der Waals surface area contributed by atoms with E-state index >= 15 is 0 Å². The quantitative estimate of drug-likeness (QED) is 0.581. The molecule has 2 aromatic heterocycles. The molecule has 7 heteroatoms. The lowest BCUT2D eigenvalue weighted by Gasteiger charge is -2.04. The Kier molecular flexibility index (Phi) is 4.18. The van der Waals surface area contributed by atoms with Crippen LogP contribution in [-0.4, -0.2) is 30.9 Å². The van der Waals surface area contributed by atoms with E-state index in [0.717, 1.165) is 22.3 Å². The molecule has 0 saturated carbocycles. The molecule has 0 radical (unpaired) electrons. The average molecular weight is 346 g/mol. The third kappa shape index (κ3) is 3.19. The van der Waals surface area contributed by atoms with Gasteiger partial charge in [-0.05, 0) is 24.6 Å². The lowest BCUT2D eigenvalue weighted by Crippen LogP contribution is -2.24. The highest BCUT2D eigenvalue weighted by Gasteiger charge is 2.16. The molecule has 2 aromatic carbocycles. The van der Waals surface area contributed by atoms with Crippen LogP contribution in [0, 0.1) is 6.92 Å². The van der Waals surface area contributed by atoms with Crippen molar-refractivity contribution in [1.29, 1.82) is 0 Å². The summed E-state index contributed by atoms with van der Waals surface area (Å²) in [7, 11) is 0. The summed E-state index contributed by atoms with van der Waals surface area (Å²) >= 11 is 0. The minimum atomic E-state index is -0.262. The van der Waals surface area contributed by atoms with Gasteiger partial charge in [0.2, 0.25) is 0 Å². The van der Waals surface area contributed by atoms with E-state index in [2.05, 4.69) is 25.6 Å². The summed E-state index contributed by atoms with van der Waals surface area (Å²) in [5, 5.41) is 11.0. The number of aromatic nitrogens is 5. The van der Waals surface area contributed by atoms with Gasteiger partial charge in [-0.1, -0.05) is 47.7 Å². The van der Waals surface area contributed by atoms with Crippen molar-refractivity contribution in [3.63, 3.8) is 0 Å². The van der Waals surface area contributed by atoms with Gasteiger partial charge in [-0.3, -0.25) is 4.79 Å². The molecule has 0 unspecified atom stereocenters. The van der Waals surface area contributed by atoms with E-state index in [1.807, 2.05) is 61.5 Å². The molecule has 0 aliphatic carbocycles. The average Bonchev–Trinajstić information content (AvgIpc) is 3.24. The summed E-state index contributed by atoms with van der Waals surface area (Å²) in [6, 6.07) is 17.7. The smallest absolute Gasteiger partial charge is 0.274 e. The number of carbonyl (C=O) groups excluding carboxylic acids is 1. The van der Waals surface area contributed by atoms with Crippen LogP contribution in [0.2, 0.25) is 0 Å². The van der Waals surface area contributed by atoms with E-state index in [4.69, 9.17) is 0 Å². The summed E-state index contributed by atoms with van der Waals surface area (Å²) in [6.07, 6.45) is 0. The Morgan fingerprint density at radius 3 is 2.69 bits per heavy atom. The Bertz CT molecular complexity index is 1020. The Hall–Kier alpha value is -3.48. The molecule has 7 nitrogen and oxygen atoms in total. The monoisotopic (exact) mass is 346 g/mol. The number of para-hydroxylation sites is 2. The van der Waals surface area contributed by atoms with Crippen molar-refractivity contribution >= 4 is 16.9 Å². The molecule has 0 atom stereocenters. The van der Waals surface area contributed by atoms with Crippen molar-refractivity contribution in [1.82, 2.24) is 30.3 Å². The number of aromatic amines is 1. The predicted molar refractivity (Wildman–Crippen MR) is 97.6 cm³/mol. The summed E-state index contributed by atoms with van der Waals surface area (Å²) in [5.41, 5.74) is 3.99. The van der Waals surface area contributed by atoms with Gasteiger partial charge in [-0.2, -0.15) is 0 Å². The van der Waals surface area contributed by atoms with E-state index < -0.39 is 0 Å². The summed E-state index contributed by atoms with van der Waals surface area (Å²) in [5.74, 6) is 0.441. The molecule has 0 spiro atoms. The number of H-pyrrole nitrogens is 1. The number of hydrogen-bond acceptors (Lipinski definition) is 4. The van der Waals surface area contributed by atoms with Gasteiger partial charge in [0.15, 0.2) is 5.69 Å². The fourth-order valence-electron chi connectivity index (χ4n) is 2.81. The van der Waals surface area contributed by atoms with E-state index in [0.29, 0.717) is 24.6 Å². The van der Waals surface area contributed by atoms with Crippen LogP contribution in [0.15, 0.2) is 54.6 Å². The van der Waals surface area contributed by atoms with Crippen LogP contribution in [0.5, 0.6) is 0 Å². The number of amides is 1. The van der Waals surface area contributed by atoms with Crippen molar-refractivity contribution in [3.8, 4) is 0 Å². The number of hydrogen-bond donors (Lipinski definition) is 2. The standard InChI is InChI=1S/C19H18N6O/c1-13-18(23-24-25(13)12-14-7-3-2-4-8-14)19(26)20-11-17-21-15-9-5-6-10-16(15)22-17/h2-10H,11-12H2,1H3,(H,20,26)(H,21,22). The maximum absolute atomic E-state index is 12.5. The maximum atomic E-state index is 12.5. The van der Waals surface area contributed by atoms with Crippen molar-refractivity contribution in [2.75, 3.05) is 0 Å². The number of nitrogens with zero attached hydrogens (tertiary/aromatic N) is 4. The topological polar surface area (TPSA) is 88.5 Å². The van der Waals surface area contributed by atoms with Crippen molar-refractivity contribution in [3.05, 3.63) is 77.4 Å². The second-order valence-corrected chi connectivity index (χ2v) is 6.05. The summed E-state index contributed by atoms with van der Waals surface area (Å²) < 4.78 is 1.73. The number of rotatable bonds is 5. The van der Waals surface area contributed by atoms with E-state index in [9.17, 15) is 4.79 Å². The molecule has 1 amide bonds. The predicted octanol–water partition coefficient (Wildman–Crippen LogP) is 2.44. The highest BCUT2D eigenvalue weighted by atomic mass is 16.2. The van der Waals surface area contributed by atoms with Gasteiger partial charge in [-0.15, -0.1) is 5.10 Å². The number of imidazole rings is 1. The van der Waals surface area contributed by atoms with Crippen molar-refractivity contribution in [2.24, 2.45) is 0 Å². The normalized spacial score (nSPS) is 11.0. The highest BCUT2D eigenvalue weighted by molar-refractivity contribution is 5.93. The van der Waals surface area contributed by atoms with Crippen LogP contribution in [0.25, 0.3) is 11.0 Å². The van der Waals surface area contributed by atoms with E-state index in [1.165, 1.54) is 0 Å². The molecule has 2 heterocycles. The molecule has 26 heavy (non-hydrogen) atoms. The van der Waals surface area contributed by atoms with Crippen LogP contribution < -0.4 is 5.32 Å². The van der Waals surface area contributed by atoms with Crippen LogP contribution in [0.1, 0.15) is 27.6 Å². The molecule has 130 valence electrons. The molecule has 2 N–H and O–H groups in total. The Morgan fingerprint density at radius 1 is 1.12 bits per heavy atom. The zero-order valence-electron chi connectivity index (χ0n) is 14.3. The third-order valence-electron chi connectivity index (χ3n) is 4.23. The van der Waals surface area contributed by atoms with Crippen LogP contribution in [0.3, 0.4) is 0 Å². The largest absolute Gasteiger partial charge is 0.343 e. The van der Waals surface area contributed by atoms with Crippen molar-refractivity contribution in [2.45, 2.75) is 20.0 Å². The highest BCUT2D eigenvalue weighted by Crippen LogP contribution is 2.11. The number of carbonyl (C=O) groups is 1. The molecule has 0 aliphatic heterocycles. The zero-order chi connectivity index (χ0) is 17.9. The lowest BCUT2D eigenvalue weighted by atomic mass is 10.2. The van der Waals surface area contributed by atoms with E-state index in [-0.39, 0.29) is 5.91 Å². The maximum Gasteiger partial charge on any atom is 0.274 e. The first-order valence-electron chi connectivity index (χ1n) is 8.36. The van der Waals surface area contributed by atoms with E-state index in [1.54, 1.807) is 4.68 Å². The molecule has 0 bridgehead atoms. The number of fused-ring (bicyclic) bond motifs is 1. The fourth-order valence-corrected chi connectivity index (χ4v) is 2.81. The molecular weight excluding hydrogens is 328 g/mol. The SMILES string of the molecule is Cc1c(C(=O)NCc2nc3ccccc3[nH]2)nnn1Cc1ccccc1. The Morgan fingerprint density at radius 2 is 1.88 bits per heavy atom. The molecule has 0 fully saturated rings. The van der Waals surface area contributed by atoms with Gasteiger partial charge < -0.3 is 10.3 Å². The van der Waals surface area contributed by atoms with Crippen molar-refractivity contribution < 1.29 is 4.79 Å². The molecule has 0 saturated heterocycles. The minimum Gasteiger partial charge on any atom is -0.343 e. The third-order valence-corrected chi connectivity index (χ3v) is 4.23. The zero-order valence-corrected chi connectivity index (χ0v) is 14.3. The van der Waals surface area contributed by atoms with Gasteiger partial charge >= 0.3 is 0 Å². The Balaban J connectivity index is 1.44. The summed E-state index contributed by atoms with van der Waals surface area (Å²) in [6.45, 7) is 2.73. The van der Waals surface area contributed by atoms with Gasteiger partial charge in [0.05, 0.1) is 29.8 Å². The fraction of sp³-hybridized carbons (Fsp3) is 0.158. The Labute approximate surface area is 150 Å². The van der Waals surface area contributed by atoms with Gasteiger partial charge in [0, 0.05) is 0 Å². The number of benzene rings is 2. The second kappa shape index (κ2) is 6.79. The molecule has 4 rings (SSSR count). The molecular formula is C19H18N6O. The van der Waals surface area contributed by atoms with Crippen LogP contribution in [-0.2, 0) is 13.1 Å². The first-order valence-corrected chi connectivity index (χ1v) is 8.36. The number of nitrogens with one attached hydrogen (secondary N) is 2. The lowest BCUT2D eigenvalue weighted by molar-refractivity contribution is 0.0944. The second-order valence-electron chi connectivity index (χ2n) is 6.05.